The highest BCUT2D eigenvalue weighted by molar-refractivity contribution is 9.10. The number of halogens is 2. The predicted octanol–water partition coefficient (Wildman–Crippen LogP) is 8.85. The molecule has 0 aliphatic rings. The molecule has 0 spiro atoms. The summed E-state index contributed by atoms with van der Waals surface area (Å²) in [5.74, 6) is 1.02. The number of aryl methyl sites for hydroxylation is 4. The van der Waals surface area contributed by atoms with Crippen molar-refractivity contribution in [3.8, 4) is 11.5 Å². The van der Waals surface area contributed by atoms with Gasteiger partial charge >= 0.3 is 0 Å². The van der Waals surface area contributed by atoms with Gasteiger partial charge in [0, 0.05) is 20.3 Å². The minimum atomic E-state index is -0.652. The van der Waals surface area contributed by atoms with E-state index in [0.717, 1.165) is 53.8 Å². The van der Waals surface area contributed by atoms with Crippen LogP contribution in [0.15, 0.2) is 81.7 Å². The highest BCUT2D eigenvalue weighted by Gasteiger charge is 2.19. The molecule has 6 nitrogen and oxygen atoms in total. The quantitative estimate of drug-likeness (QED) is 0.173. The third-order valence-corrected chi connectivity index (χ3v) is 7.94. The minimum absolute atomic E-state index is 0.214. The van der Waals surface area contributed by atoms with Gasteiger partial charge in [0.25, 0.3) is 11.8 Å². The number of benzene rings is 4. The largest absolute Gasteiger partial charge is 0.480 e. The third-order valence-electron chi connectivity index (χ3n) is 7.03. The van der Waals surface area contributed by atoms with Gasteiger partial charge in [-0.2, -0.15) is 0 Å². The second-order valence-electron chi connectivity index (χ2n) is 10.8. The number of carbonyl (C=O) groups is 2. The lowest BCUT2D eigenvalue weighted by atomic mass is 10.0. The molecular weight excluding hydrogens is 672 g/mol. The van der Waals surface area contributed by atoms with Crippen molar-refractivity contribution in [3.05, 3.63) is 115 Å². The Balaban J connectivity index is 1.29. The molecule has 0 fully saturated rings. The van der Waals surface area contributed by atoms with Crippen LogP contribution < -0.4 is 20.1 Å². The molecule has 2 amide bonds. The van der Waals surface area contributed by atoms with Gasteiger partial charge in [0.2, 0.25) is 0 Å². The fourth-order valence-corrected chi connectivity index (χ4v) is 6.14. The van der Waals surface area contributed by atoms with Crippen molar-refractivity contribution < 1.29 is 19.1 Å². The number of nitrogens with one attached hydrogen (secondary N) is 2. The van der Waals surface area contributed by atoms with E-state index in [2.05, 4.69) is 42.5 Å². The van der Waals surface area contributed by atoms with Gasteiger partial charge in [-0.25, -0.2) is 0 Å². The van der Waals surface area contributed by atoms with Crippen molar-refractivity contribution >= 4 is 55.0 Å². The van der Waals surface area contributed by atoms with Gasteiger partial charge in [-0.05, 0) is 130 Å². The molecule has 8 heteroatoms. The van der Waals surface area contributed by atoms with Gasteiger partial charge in [0.15, 0.2) is 12.2 Å². The van der Waals surface area contributed by atoms with Crippen molar-refractivity contribution in [3.63, 3.8) is 0 Å². The number of hydrogen-bond acceptors (Lipinski definition) is 4. The summed E-state index contributed by atoms with van der Waals surface area (Å²) in [5.41, 5.74) is 7.49. The molecule has 0 aliphatic heterocycles. The third kappa shape index (κ3) is 8.71. The molecule has 0 aromatic heterocycles. The summed E-state index contributed by atoms with van der Waals surface area (Å²) in [4.78, 5) is 25.6. The Morgan fingerprint density at radius 3 is 1.21 bits per heavy atom. The van der Waals surface area contributed by atoms with Crippen molar-refractivity contribution in [1.82, 2.24) is 0 Å². The number of carbonyl (C=O) groups excluding carboxylic acids is 2. The van der Waals surface area contributed by atoms with Crippen LogP contribution in [0.4, 0.5) is 11.4 Å². The number of anilines is 2. The van der Waals surface area contributed by atoms with Crippen LogP contribution in [0, 0.1) is 27.7 Å². The molecule has 0 saturated carbocycles. The molecule has 0 heterocycles. The first kappa shape index (κ1) is 32.3. The number of ether oxygens (including phenoxy) is 2. The predicted molar refractivity (Wildman–Crippen MR) is 180 cm³/mol. The molecule has 43 heavy (non-hydrogen) atoms. The van der Waals surface area contributed by atoms with Gasteiger partial charge in [-0.3, -0.25) is 9.59 Å². The highest BCUT2D eigenvalue weighted by Crippen LogP contribution is 2.29. The molecule has 0 saturated heterocycles. The van der Waals surface area contributed by atoms with Crippen LogP contribution in [0.1, 0.15) is 47.2 Å². The zero-order valence-electron chi connectivity index (χ0n) is 25.2. The molecular formula is C35H36Br2N2O4. The van der Waals surface area contributed by atoms with Gasteiger partial charge in [0.1, 0.15) is 11.5 Å². The van der Waals surface area contributed by atoms with Crippen LogP contribution >= 0.6 is 31.9 Å². The molecule has 0 aliphatic carbocycles. The van der Waals surface area contributed by atoms with Crippen LogP contribution in [0.2, 0.25) is 0 Å². The van der Waals surface area contributed by atoms with Crippen molar-refractivity contribution in [2.24, 2.45) is 0 Å². The maximum absolute atomic E-state index is 12.8. The highest BCUT2D eigenvalue weighted by atomic mass is 79.9. The zero-order valence-corrected chi connectivity index (χ0v) is 28.4. The Morgan fingerprint density at radius 2 is 0.907 bits per heavy atom. The smallest absolute Gasteiger partial charge is 0.265 e. The summed E-state index contributed by atoms with van der Waals surface area (Å²) in [6.45, 7) is 11.3. The second-order valence-corrected chi connectivity index (χ2v) is 12.6. The van der Waals surface area contributed by atoms with Crippen LogP contribution in [-0.4, -0.2) is 24.0 Å². The van der Waals surface area contributed by atoms with Crippen molar-refractivity contribution in [1.29, 1.82) is 0 Å². The van der Waals surface area contributed by atoms with E-state index in [-0.39, 0.29) is 11.8 Å². The van der Waals surface area contributed by atoms with Gasteiger partial charge in [0.05, 0.1) is 0 Å². The Morgan fingerprint density at radius 1 is 0.605 bits per heavy atom. The first-order chi connectivity index (χ1) is 20.4. The summed E-state index contributed by atoms with van der Waals surface area (Å²) in [5, 5.41) is 5.87. The van der Waals surface area contributed by atoms with E-state index in [1.807, 2.05) is 100 Å². The fourth-order valence-electron chi connectivity index (χ4n) is 4.76. The lowest BCUT2D eigenvalue weighted by molar-refractivity contribution is -0.122. The Bertz CT molecular complexity index is 1450. The summed E-state index contributed by atoms with van der Waals surface area (Å²) in [6, 6.07) is 23.4. The second kappa shape index (κ2) is 14.2. The normalized spacial score (nSPS) is 12.3. The Kier molecular flexibility index (Phi) is 10.7. The molecule has 2 atom stereocenters. The van der Waals surface area contributed by atoms with E-state index in [4.69, 9.17) is 9.47 Å². The van der Waals surface area contributed by atoms with E-state index in [1.165, 1.54) is 0 Å². The average molecular weight is 708 g/mol. The molecule has 2 unspecified atom stereocenters. The van der Waals surface area contributed by atoms with Gasteiger partial charge < -0.3 is 20.1 Å². The van der Waals surface area contributed by atoms with Crippen LogP contribution in [0.5, 0.6) is 11.5 Å². The molecule has 224 valence electrons. The van der Waals surface area contributed by atoms with Crippen molar-refractivity contribution in [2.75, 3.05) is 10.6 Å². The monoisotopic (exact) mass is 706 g/mol. The van der Waals surface area contributed by atoms with E-state index < -0.39 is 12.2 Å². The van der Waals surface area contributed by atoms with Crippen molar-refractivity contribution in [2.45, 2.75) is 60.2 Å². The SMILES string of the molecule is Cc1cc(Br)cc(C)c1OC(C)C(=O)Nc1ccc(Cc2ccc(NC(=O)C(C)Oc3c(C)cc(Br)cc3C)cc2)cc1. The van der Waals surface area contributed by atoms with Crippen LogP contribution in [0.3, 0.4) is 0 Å². The Hall–Kier alpha value is -3.62. The molecule has 4 rings (SSSR count). The maximum Gasteiger partial charge on any atom is 0.265 e. The Labute approximate surface area is 270 Å². The van der Waals surface area contributed by atoms with E-state index in [9.17, 15) is 9.59 Å². The average Bonchev–Trinajstić information content (AvgIpc) is 2.94. The number of amides is 2. The topological polar surface area (TPSA) is 76.7 Å². The minimum Gasteiger partial charge on any atom is -0.480 e. The van der Waals surface area contributed by atoms with Crippen LogP contribution in [-0.2, 0) is 16.0 Å². The summed E-state index contributed by atoms with van der Waals surface area (Å²) >= 11 is 6.98. The van der Waals surface area contributed by atoms with E-state index >= 15 is 0 Å². The number of hydrogen-bond donors (Lipinski definition) is 2. The summed E-state index contributed by atoms with van der Waals surface area (Å²) < 4.78 is 13.9. The van der Waals surface area contributed by atoms with Crippen LogP contribution in [0.25, 0.3) is 0 Å². The molecule has 4 aromatic rings. The summed E-state index contributed by atoms with van der Waals surface area (Å²) in [7, 11) is 0. The van der Waals surface area contributed by atoms with Gasteiger partial charge in [-0.1, -0.05) is 56.1 Å². The van der Waals surface area contributed by atoms with E-state index in [1.54, 1.807) is 13.8 Å². The lowest BCUT2D eigenvalue weighted by Gasteiger charge is -2.18. The fraction of sp³-hybridized carbons (Fsp3) is 0.257. The summed E-state index contributed by atoms with van der Waals surface area (Å²) in [6.07, 6.45) is -0.590. The standard InChI is InChI=1S/C35H36Br2N2O4/c1-20-15-28(36)16-21(2)32(20)42-24(5)34(40)38-30-11-7-26(8-12-30)19-27-9-13-31(14-10-27)39-35(41)25(6)43-33-22(3)17-29(37)18-23(33)4/h7-18,24-25H,19H2,1-6H3,(H,38,40)(H,39,41). The zero-order chi connectivity index (χ0) is 31.3. The lowest BCUT2D eigenvalue weighted by Crippen LogP contribution is -2.30. The van der Waals surface area contributed by atoms with Gasteiger partial charge in [-0.15, -0.1) is 0 Å². The maximum atomic E-state index is 12.8. The molecule has 2 N–H and O–H groups in total. The first-order valence-corrected chi connectivity index (χ1v) is 15.6. The first-order valence-electron chi connectivity index (χ1n) is 14.1. The molecule has 0 bridgehead atoms. The van der Waals surface area contributed by atoms with E-state index in [0.29, 0.717) is 17.8 Å². The number of rotatable bonds is 10. The molecule has 4 aromatic carbocycles. The molecule has 0 radical (unpaired) electrons.